The van der Waals surface area contributed by atoms with Crippen molar-refractivity contribution in [3.63, 3.8) is 0 Å². The van der Waals surface area contributed by atoms with E-state index in [1.54, 1.807) is 0 Å². The summed E-state index contributed by atoms with van der Waals surface area (Å²) in [6.07, 6.45) is 0. The van der Waals surface area contributed by atoms with Crippen molar-refractivity contribution >= 4 is 28.6 Å². The van der Waals surface area contributed by atoms with E-state index in [4.69, 9.17) is 9.47 Å². The number of hydrogen-bond acceptors (Lipinski definition) is 4. The third-order valence-electron chi connectivity index (χ3n) is 3.05. The second-order valence-corrected chi connectivity index (χ2v) is 5.64. The topological polar surface area (TPSA) is 38.8 Å². The Morgan fingerprint density at radius 1 is 1.32 bits per heavy atom. The molecule has 1 heterocycles. The van der Waals surface area contributed by atoms with Gasteiger partial charge in [-0.2, -0.15) is 0 Å². The molecule has 1 aliphatic rings. The third-order valence-corrected chi connectivity index (χ3v) is 4.28. The van der Waals surface area contributed by atoms with E-state index in [0.717, 1.165) is 38.4 Å². The smallest absolute Gasteiger partial charge is 0.323 e. The molecule has 1 aromatic carbocycles. The quantitative estimate of drug-likeness (QED) is 0.449. The van der Waals surface area contributed by atoms with Crippen molar-refractivity contribution in [1.82, 2.24) is 4.90 Å². The normalized spacial score (nSPS) is 17.9. The summed E-state index contributed by atoms with van der Waals surface area (Å²) < 4.78 is 10.4. The van der Waals surface area contributed by atoms with E-state index in [1.807, 2.05) is 30.3 Å². The Balaban J connectivity index is 1.72. The second kappa shape index (κ2) is 7.81. The zero-order chi connectivity index (χ0) is 13.5. The maximum atomic E-state index is 11.9. The Kier molecular flexibility index (Phi) is 6.06. The lowest BCUT2D eigenvalue weighted by Crippen LogP contribution is -2.38. The van der Waals surface area contributed by atoms with Crippen molar-refractivity contribution in [3.8, 4) is 0 Å². The number of esters is 1. The van der Waals surface area contributed by atoms with Crippen LogP contribution in [0.2, 0.25) is 0 Å². The monoisotopic (exact) mass is 375 g/mol. The lowest BCUT2D eigenvalue weighted by Gasteiger charge is -2.26. The third kappa shape index (κ3) is 4.74. The summed E-state index contributed by atoms with van der Waals surface area (Å²) in [5, 5.41) is 0. The Hall–Kier alpha value is -0.660. The van der Waals surface area contributed by atoms with Crippen molar-refractivity contribution in [2.75, 3.05) is 39.5 Å². The van der Waals surface area contributed by atoms with Gasteiger partial charge in [0.05, 0.1) is 13.2 Å². The van der Waals surface area contributed by atoms with Crippen molar-refractivity contribution in [3.05, 3.63) is 35.9 Å². The fraction of sp³-hybridized carbons (Fsp3) is 0.500. The summed E-state index contributed by atoms with van der Waals surface area (Å²) in [7, 11) is 0. The molecule has 1 unspecified atom stereocenters. The molecule has 4 nitrogen and oxygen atoms in total. The summed E-state index contributed by atoms with van der Waals surface area (Å²) in [5.41, 5.74) is 0.986. The van der Waals surface area contributed by atoms with Gasteiger partial charge in [0, 0.05) is 19.6 Å². The number of alkyl halides is 1. The predicted molar refractivity (Wildman–Crippen MR) is 81.4 cm³/mol. The molecule has 1 fully saturated rings. The van der Waals surface area contributed by atoms with Crippen LogP contribution in [0.1, 0.15) is 9.49 Å². The highest BCUT2D eigenvalue weighted by molar-refractivity contribution is 14.1. The molecule has 1 aliphatic heterocycles. The van der Waals surface area contributed by atoms with Crippen LogP contribution in [0.5, 0.6) is 0 Å². The molecule has 19 heavy (non-hydrogen) atoms. The first-order valence-electron chi connectivity index (χ1n) is 6.43. The van der Waals surface area contributed by atoms with Crippen molar-refractivity contribution < 1.29 is 14.3 Å². The minimum atomic E-state index is -0.233. The van der Waals surface area contributed by atoms with Crippen LogP contribution >= 0.6 is 22.6 Å². The highest BCUT2D eigenvalue weighted by Crippen LogP contribution is 2.24. The molecule has 1 saturated heterocycles. The second-order valence-electron chi connectivity index (χ2n) is 4.39. The van der Waals surface area contributed by atoms with Gasteiger partial charge in [0.15, 0.2) is 0 Å². The van der Waals surface area contributed by atoms with Crippen LogP contribution in [0.3, 0.4) is 0 Å². The molecule has 104 valence electrons. The molecular formula is C14H18INO3. The van der Waals surface area contributed by atoms with Gasteiger partial charge in [-0.15, -0.1) is 0 Å². The van der Waals surface area contributed by atoms with Gasteiger partial charge in [-0.3, -0.25) is 9.69 Å². The van der Waals surface area contributed by atoms with E-state index in [-0.39, 0.29) is 9.89 Å². The SMILES string of the molecule is O=C(OCCN1CCOCC1)C(I)c1ccccc1. The molecule has 2 rings (SSSR count). The van der Waals surface area contributed by atoms with Crippen molar-refractivity contribution in [2.45, 2.75) is 3.92 Å². The number of morpholine rings is 1. The number of carbonyl (C=O) groups is 1. The summed E-state index contributed by atoms with van der Waals surface area (Å²) >= 11 is 2.12. The first-order valence-corrected chi connectivity index (χ1v) is 7.67. The molecule has 0 N–H and O–H groups in total. The average molecular weight is 375 g/mol. The zero-order valence-corrected chi connectivity index (χ0v) is 12.9. The summed E-state index contributed by atoms with van der Waals surface area (Å²) in [6, 6.07) is 9.70. The van der Waals surface area contributed by atoms with Crippen LogP contribution in [0, 0.1) is 0 Å². The van der Waals surface area contributed by atoms with E-state index >= 15 is 0 Å². The molecule has 0 saturated carbocycles. The van der Waals surface area contributed by atoms with Crippen LogP contribution < -0.4 is 0 Å². The van der Waals surface area contributed by atoms with E-state index in [0.29, 0.717) is 6.61 Å². The van der Waals surface area contributed by atoms with E-state index in [1.165, 1.54) is 0 Å². The molecule has 0 aliphatic carbocycles. The molecule has 1 aromatic rings. The fourth-order valence-electron chi connectivity index (χ4n) is 1.93. The van der Waals surface area contributed by atoms with Gasteiger partial charge >= 0.3 is 5.97 Å². The van der Waals surface area contributed by atoms with Gasteiger partial charge in [-0.1, -0.05) is 52.9 Å². The predicted octanol–water partition coefficient (Wildman–Crippen LogP) is 2.04. The highest BCUT2D eigenvalue weighted by atomic mass is 127. The minimum Gasteiger partial charge on any atom is -0.463 e. The molecule has 0 radical (unpaired) electrons. The summed E-state index contributed by atoms with van der Waals surface area (Å²) in [6.45, 7) is 4.62. The molecule has 0 spiro atoms. The van der Waals surface area contributed by atoms with Crippen LogP contribution in [0.15, 0.2) is 30.3 Å². The van der Waals surface area contributed by atoms with Crippen LogP contribution in [-0.2, 0) is 14.3 Å². The van der Waals surface area contributed by atoms with E-state index in [9.17, 15) is 4.79 Å². The van der Waals surface area contributed by atoms with Crippen LogP contribution in [0.4, 0.5) is 0 Å². The number of benzene rings is 1. The van der Waals surface area contributed by atoms with Gasteiger partial charge in [0.1, 0.15) is 10.5 Å². The fourth-order valence-corrected chi connectivity index (χ4v) is 2.53. The molecule has 1 atom stereocenters. The maximum Gasteiger partial charge on any atom is 0.323 e. The van der Waals surface area contributed by atoms with Gasteiger partial charge in [0.2, 0.25) is 0 Å². The van der Waals surface area contributed by atoms with Gasteiger partial charge in [0.25, 0.3) is 0 Å². The van der Waals surface area contributed by atoms with Gasteiger partial charge in [-0.25, -0.2) is 0 Å². The standard InChI is InChI=1S/C14H18INO3/c15-13(12-4-2-1-3-5-12)14(17)19-11-8-16-6-9-18-10-7-16/h1-5,13H,6-11H2. The number of rotatable bonds is 5. The molecule has 0 aromatic heterocycles. The number of ether oxygens (including phenoxy) is 2. The molecule has 0 amide bonds. The Morgan fingerprint density at radius 2 is 2.00 bits per heavy atom. The largest absolute Gasteiger partial charge is 0.463 e. The summed E-state index contributed by atoms with van der Waals surface area (Å²) in [4.78, 5) is 14.2. The molecule has 0 bridgehead atoms. The van der Waals surface area contributed by atoms with Gasteiger partial charge in [-0.05, 0) is 5.56 Å². The first-order chi connectivity index (χ1) is 9.27. The Bertz CT molecular complexity index is 393. The number of carbonyl (C=O) groups excluding carboxylic acids is 1. The average Bonchev–Trinajstić information content (AvgIpc) is 2.48. The number of halogens is 1. The number of nitrogens with zero attached hydrogens (tertiary/aromatic N) is 1. The lowest BCUT2D eigenvalue weighted by molar-refractivity contribution is -0.143. The molecular weight excluding hydrogens is 357 g/mol. The first kappa shape index (κ1) is 14.7. The minimum absolute atomic E-state index is 0.167. The Labute approximate surface area is 127 Å². The van der Waals surface area contributed by atoms with Crippen LogP contribution in [0.25, 0.3) is 0 Å². The van der Waals surface area contributed by atoms with E-state index < -0.39 is 0 Å². The van der Waals surface area contributed by atoms with Crippen molar-refractivity contribution in [2.24, 2.45) is 0 Å². The highest BCUT2D eigenvalue weighted by Gasteiger charge is 2.18. The zero-order valence-electron chi connectivity index (χ0n) is 10.8. The summed E-state index contributed by atoms with van der Waals surface area (Å²) in [5.74, 6) is -0.167. The maximum absolute atomic E-state index is 11.9. The Morgan fingerprint density at radius 3 is 2.68 bits per heavy atom. The van der Waals surface area contributed by atoms with Crippen LogP contribution in [-0.4, -0.2) is 50.3 Å². The lowest BCUT2D eigenvalue weighted by atomic mass is 10.2. The van der Waals surface area contributed by atoms with Crippen molar-refractivity contribution in [1.29, 1.82) is 0 Å². The number of hydrogen-bond donors (Lipinski definition) is 0. The van der Waals surface area contributed by atoms with E-state index in [2.05, 4.69) is 27.5 Å². The van der Waals surface area contributed by atoms with Gasteiger partial charge < -0.3 is 9.47 Å². The molecule has 5 heteroatoms.